The zero-order valence-electron chi connectivity index (χ0n) is 9.95. The van der Waals surface area contributed by atoms with E-state index in [4.69, 9.17) is 4.74 Å². The van der Waals surface area contributed by atoms with Gasteiger partial charge in [-0.2, -0.15) is 0 Å². The number of rotatable bonds is 2. The molecule has 3 rings (SSSR count). The quantitative estimate of drug-likeness (QED) is 0.740. The van der Waals surface area contributed by atoms with Crippen LogP contribution >= 0.6 is 27.3 Å². The maximum Gasteiger partial charge on any atom is 0.123 e. The Morgan fingerprint density at radius 2 is 1.89 bits per heavy atom. The molecule has 4 heteroatoms. The van der Waals surface area contributed by atoms with Crippen LogP contribution in [0.3, 0.4) is 0 Å². The van der Waals surface area contributed by atoms with Crippen LogP contribution in [0.4, 0.5) is 4.39 Å². The summed E-state index contributed by atoms with van der Waals surface area (Å²) in [7, 11) is 0. The largest absolute Gasteiger partial charge is 0.489 e. The van der Waals surface area contributed by atoms with Gasteiger partial charge >= 0.3 is 0 Å². The number of halogens is 2. The molecule has 0 bridgehead atoms. The van der Waals surface area contributed by atoms with Gasteiger partial charge in [0.1, 0.15) is 18.2 Å². The van der Waals surface area contributed by atoms with Crippen molar-refractivity contribution in [3.63, 3.8) is 0 Å². The van der Waals surface area contributed by atoms with Crippen molar-refractivity contribution >= 4 is 38.4 Å². The van der Waals surface area contributed by atoms with Gasteiger partial charge in [0, 0.05) is 16.0 Å². The summed E-state index contributed by atoms with van der Waals surface area (Å²) in [6.45, 7) is 4.45. The Hall–Kier alpha value is -1.39. The SMILES string of the molecule is C=C1OCC(c2ccc(Br)s2)=C1c1ccc(F)cc1. The Bertz CT molecular complexity index is 670. The molecule has 0 saturated carbocycles. The summed E-state index contributed by atoms with van der Waals surface area (Å²) in [5, 5.41) is 0. The number of benzene rings is 1. The molecule has 1 nitrogen and oxygen atoms in total. The van der Waals surface area contributed by atoms with Crippen LogP contribution in [0.15, 0.2) is 52.5 Å². The van der Waals surface area contributed by atoms with Gasteiger partial charge in [-0.25, -0.2) is 4.39 Å². The van der Waals surface area contributed by atoms with Gasteiger partial charge in [-0.3, -0.25) is 0 Å². The fraction of sp³-hybridized carbons (Fsp3) is 0.0667. The molecule has 0 N–H and O–H groups in total. The highest BCUT2D eigenvalue weighted by Crippen LogP contribution is 2.40. The molecule has 0 radical (unpaired) electrons. The van der Waals surface area contributed by atoms with Gasteiger partial charge in [0.2, 0.25) is 0 Å². The van der Waals surface area contributed by atoms with Crippen molar-refractivity contribution in [1.82, 2.24) is 0 Å². The number of allylic oxidation sites excluding steroid dienone is 1. The van der Waals surface area contributed by atoms with Crippen LogP contribution in [-0.2, 0) is 4.74 Å². The third-order valence-electron chi connectivity index (χ3n) is 2.97. The average molecular weight is 337 g/mol. The minimum atomic E-state index is -0.241. The third kappa shape index (κ3) is 2.38. The van der Waals surface area contributed by atoms with E-state index in [2.05, 4.69) is 28.6 Å². The first-order valence-corrected chi connectivity index (χ1v) is 7.33. The topological polar surface area (TPSA) is 9.23 Å². The summed E-state index contributed by atoms with van der Waals surface area (Å²) in [6.07, 6.45) is 0. The Morgan fingerprint density at radius 1 is 1.16 bits per heavy atom. The van der Waals surface area contributed by atoms with Crippen LogP contribution in [-0.4, -0.2) is 6.61 Å². The summed E-state index contributed by atoms with van der Waals surface area (Å²) < 4.78 is 19.7. The van der Waals surface area contributed by atoms with E-state index in [9.17, 15) is 4.39 Å². The first kappa shape index (κ1) is 12.6. The summed E-state index contributed by atoms with van der Waals surface area (Å²) in [5.41, 5.74) is 3.00. The van der Waals surface area contributed by atoms with Crippen LogP contribution < -0.4 is 0 Å². The highest BCUT2D eigenvalue weighted by Gasteiger charge is 2.23. The lowest BCUT2D eigenvalue weighted by atomic mass is 10.00. The van der Waals surface area contributed by atoms with E-state index in [0.29, 0.717) is 12.4 Å². The second kappa shape index (κ2) is 4.94. The molecule has 0 amide bonds. The molecule has 0 atom stereocenters. The van der Waals surface area contributed by atoms with Crippen molar-refractivity contribution in [2.24, 2.45) is 0 Å². The summed E-state index contributed by atoms with van der Waals surface area (Å²) in [4.78, 5) is 1.14. The Morgan fingerprint density at radius 3 is 2.53 bits per heavy atom. The van der Waals surface area contributed by atoms with E-state index in [1.54, 1.807) is 23.5 Å². The number of ether oxygens (including phenoxy) is 1. The summed E-state index contributed by atoms with van der Waals surface area (Å²) in [5.74, 6) is 0.403. The minimum absolute atomic E-state index is 0.241. The maximum atomic E-state index is 13.0. The maximum absolute atomic E-state index is 13.0. The van der Waals surface area contributed by atoms with Crippen molar-refractivity contribution in [1.29, 1.82) is 0 Å². The van der Waals surface area contributed by atoms with Gasteiger partial charge in [0.25, 0.3) is 0 Å². The molecule has 96 valence electrons. The van der Waals surface area contributed by atoms with Crippen LogP contribution in [0.5, 0.6) is 0 Å². The molecule has 1 aromatic heterocycles. The van der Waals surface area contributed by atoms with Gasteiger partial charge in [0.15, 0.2) is 0 Å². The fourth-order valence-electron chi connectivity index (χ4n) is 2.09. The lowest BCUT2D eigenvalue weighted by Gasteiger charge is -2.05. The molecular weight excluding hydrogens is 327 g/mol. The van der Waals surface area contributed by atoms with Gasteiger partial charge in [-0.05, 0) is 45.8 Å². The third-order valence-corrected chi connectivity index (χ3v) is 4.66. The molecule has 0 spiro atoms. The second-order valence-corrected chi connectivity index (χ2v) is 6.64. The molecule has 0 saturated heterocycles. The lowest BCUT2D eigenvalue weighted by molar-refractivity contribution is 0.286. The predicted octanol–water partition coefficient (Wildman–Crippen LogP) is 5.10. The van der Waals surface area contributed by atoms with Gasteiger partial charge < -0.3 is 4.74 Å². The van der Waals surface area contributed by atoms with E-state index >= 15 is 0 Å². The van der Waals surface area contributed by atoms with E-state index < -0.39 is 0 Å². The first-order chi connectivity index (χ1) is 9.15. The number of hydrogen-bond acceptors (Lipinski definition) is 2. The van der Waals surface area contributed by atoms with Gasteiger partial charge in [0.05, 0.1) is 3.79 Å². The van der Waals surface area contributed by atoms with Crippen LogP contribution in [0.2, 0.25) is 0 Å². The van der Waals surface area contributed by atoms with Crippen molar-refractivity contribution in [2.45, 2.75) is 0 Å². The Kier molecular flexibility index (Phi) is 3.29. The highest BCUT2D eigenvalue weighted by atomic mass is 79.9. The minimum Gasteiger partial charge on any atom is -0.489 e. The zero-order chi connectivity index (χ0) is 13.4. The zero-order valence-corrected chi connectivity index (χ0v) is 12.4. The van der Waals surface area contributed by atoms with Crippen LogP contribution in [0, 0.1) is 5.82 Å². The van der Waals surface area contributed by atoms with Crippen LogP contribution in [0.25, 0.3) is 11.1 Å². The predicted molar refractivity (Wildman–Crippen MR) is 80.3 cm³/mol. The van der Waals surface area contributed by atoms with Gasteiger partial charge in [-0.15, -0.1) is 11.3 Å². The van der Waals surface area contributed by atoms with Gasteiger partial charge in [-0.1, -0.05) is 18.7 Å². The standard InChI is InChI=1S/C15H10BrFOS/c1-9-15(10-2-4-11(17)5-3-10)12(8-18-9)13-6-7-14(16)19-13/h2-7H,1,8H2. The van der Waals surface area contributed by atoms with E-state index in [0.717, 1.165) is 25.4 Å². The van der Waals surface area contributed by atoms with E-state index in [-0.39, 0.29) is 5.82 Å². The molecule has 1 aromatic carbocycles. The molecule has 1 aliphatic heterocycles. The Balaban J connectivity index is 2.13. The molecule has 0 unspecified atom stereocenters. The molecular formula is C15H10BrFOS. The first-order valence-electron chi connectivity index (χ1n) is 5.72. The summed E-state index contributed by atoms with van der Waals surface area (Å²) in [6, 6.07) is 10.5. The summed E-state index contributed by atoms with van der Waals surface area (Å²) >= 11 is 5.12. The van der Waals surface area contributed by atoms with Crippen LogP contribution in [0.1, 0.15) is 10.4 Å². The molecule has 0 aliphatic carbocycles. The highest BCUT2D eigenvalue weighted by molar-refractivity contribution is 9.11. The Labute approximate surface area is 123 Å². The van der Waals surface area contributed by atoms with E-state index in [1.165, 1.54) is 12.1 Å². The average Bonchev–Trinajstić information content (AvgIpc) is 2.97. The van der Waals surface area contributed by atoms with E-state index in [1.807, 2.05) is 6.07 Å². The molecule has 0 fully saturated rings. The van der Waals surface area contributed by atoms with Crippen molar-refractivity contribution < 1.29 is 9.13 Å². The number of hydrogen-bond donors (Lipinski definition) is 0. The van der Waals surface area contributed by atoms with Crippen molar-refractivity contribution in [3.8, 4) is 0 Å². The van der Waals surface area contributed by atoms with Crippen molar-refractivity contribution in [3.05, 3.63) is 68.8 Å². The monoisotopic (exact) mass is 336 g/mol. The lowest BCUT2D eigenvalue weighted by Crippen LogP contribution is -1.87. The second-order valence-electron chi connectivity index (χ2n) is 4.18. The molecule has 2 aromatic rings. The molecule has 2 heterocycles. The molecule has 1 aliphatic rings. The number of thiophene rings is 1. The normalized spacial score (nSPS) is 14.9. The smallest absolute Gasteiger partial charge is 0.123 e. The molecule has 19 heavy (non-hydrogen) atoms. The van der Waals surface area contributed by atoms with Crippen molar-refractivity contribution in [2.75, 3.05) is 6.61 Å². The fourth-order valence-corrected chi connectivity index (χ4v) is 3.52.